The zero-order chi connectivity index (χ0) is 18.6. The van der Waals surface area contributed by atoms with Crippen LogP contribution in [0.5, 0.6) is 0 Å². The van der Waals surface area contributed by atoms with E-state index in [2.05, 4.69) is 27.3 Å². The molecular formula is C20H20N4O3. The summed E-state index contributed by atoms with van der Waals surface area (Å²) in [5.41, 5.74) is 3.21. The lowest BCUT2D eigenvalue weighted by Crippen LogP contribution is -2.36. The zero-order valence-corrected chi connectivity index (χ0v) is 14.7. The number of anilines is 3. The average molecular weight is 364 g/mol. The predicted octanol–water partition coefficient (Wildman–Crippen LogP) is 3.15. The van der Waals surface area contributed by atoms with E-state index in [-0.39, 0.29) is 5.56 Å². The van der Waals surface area contributed by atoms with Crippen LogP contribution in [0.3, 0.4) is 0 Å². The van der Waals surface area contributed by atoms with Crippen LogP contribution in [-0.4, -0.2) is 46.9 Å². The van der Waals surface area contributed by atoms with E-state index in [0.717, 1.165) is 37.7 Å². The molecule has 0 aliphatic carbocycles. The molecule has 0 radical (unpaired) electrons. The Hall–Kier alpha value is -3.32. The number of rotatable bonds is 5. The molecule has 1 aromatic carbocycles. The van der Waals surface area contributed by atoms with Crippen molar-refractivity contribution in [3.8, 4) is 5.69 Å². The van der Waals surface area contributed by atoms with Crippen molar-refractivity contribution in [2.24, 2.45) is 0 Å². The molecule has 0 spiro atoms. The van der Waals surface area contributed by atoms with Gasteiger partial charge in [0.05, 0.1) is 24.5 Å². The first-order valence-electron chi connectivity index (χ1n) is 8.76. The van der Waals surface area contributed by atoms with Gasteiger partial charge < -0.3 is 24.6 Å². The molecule has 3 aromatic rings. The Balaban J connectivity index is 1.48. The smallest absolute Gasteiger partial charge is 0.337 e. The van der Waals surface area contributed by atoms with Gasteiger partial charge in [-0.2, -0.15) is 0 Å². The van der Waals surface area contributed by atoms with E-state index in [9.17, 15) is 4.79 Å². The topological polar surface area (TPSA) is 79.6 Å². The maximum atomic E-state index is 11.0. The zero-order valence-electron chi connectivity index (χ0n) is 14.7. The van der Waals surface area contributed by atoms with E-state index in [0.29, 0.717) is 5.82 Å². The second-order valence-corrected chi connectivity index (χ2v) is 6.28. The number of carbonyl (C=O) groups is 1. The van der Waals surface area contributed by atoms with E-state index in [1.54, 1.807) is 29.2 Å². The summed E-state index contributed by atoms with van der Waals surface area (Å²) in [4.78, 5) is 17.7. The van der Waals surface area contributed by atoms with Gasteiger partial charge in [0.1, 0.15) is 5.82 Å². The fraction of sp³-hybridized carbons (Fsp3) is 0.200. The van der Waals surface area contributed by atoms with Crippen molar-refractivity contribution in [3.63, 3.8) is 0 Å². The molecule has 1 saturated heterocycles. The molecule has 4 rings (SSSR count). The molecule has 0 atom stereocenters. The number of nitrogens with zero attached hydrogens (tertiary/aromatic N) is 3. The molecule has 3 heterocycles. The first-order chi connectivity index (χ1) is 13.2. The number of hydrogen-bond acceptors (Lipinski definition) is 5. The standard InChI is InChI=1S/C20H20N4O3/c25-20(26)15-6-8-24(14-15)18-5-7-21-19(13-18)22-16-1-3-17(4-2-16)23-9-11-27-12-10-23/h1-8,13-14H,9-12H2,(H,21,22)(H,25,26). The van der Waals surface area contributed by atoms with Crippen LogP contribution in [0.25, 0.3) is 5.69 Å². The number of benzene rings is 1. The van der Waals surface area contributed by atoms with Crippen molar-refractivity contribution in [1.29, 1.82) is 0 Å². The summed E-state index contributed by atoms with van der Waals surface area (Å²) in [5, 5.41) is 12.4. The van der Waals surface area contributed by atoms with E-state index < -0.39 is 5.97 Å². The van der Waals surface area contributed by atoms with Crippen LogP contribution in [0.2, 0.25) is 0 Å². The third kappa shape index (κ3) is 3.93. The fourth-order valence-corrected chi connectivity index (χ4v) is 3.06. The van der Waals surface area contributed by atoms with Crippen molar-refractivity contribution in [2.45, 2.75) is 0 Å². The lowest BCUT2D eigenvalue weighted by Gasteiger charge is -2.28. The van der Waals surface area contributed by atoms with Crippen LogP contribution in [0, 0.1) is 0 Å². The summed E-state index contributed by atoms with van der Waals surface area (Å²) in [6.07, 6.45) is 5.00. The van der Waals surface area contributed by atoms with Crippen molar-refractivity contribution >= 4 is 23.2 Å². The minimum Gasteiger partial charge on any atom is -0.478 e. The van der Waals surface area contributed by atoms with Gasteiger partial charge in [-0.15, -0.1) is 0 Å². The highest BCUT2D eigenvalue weighted by molar-refractivity contribution is 5.87. The third-order valence-electron chi connectivity index (χ3n) is 4.50. The van der Waals surface area contributed by atoms with Gasteiger partial charge in [-0.05, 0) is 36.4 Å². The van der Waals surface area contributed by atoms with E-state index >= 15 is 0 Å². The normalized spacial score (nSPS) is 14.1. The number of ether oxygens (including phenoxy) is 1. The summed E-state index contributed by atoms with van der Waals surface area (Å²) in [6.45, 7) is 3.34. The highest BCUT2D eigenvalue weighted by Crippen LogP contribution is 2.22. The fourth-order valence-electron chi connectivity index (χ4n) is 3.06. The molecule has 1 fully saturated rings. The van der Waals surface area contributed by atoms with Crippen LogP contribution in [-0.2, 0) is 4.74 Å². The van der Waals surface area contributed by atoms with Crippen molar-refractivity contribution < 1.29 is 14.6 Å². The van der Waals surface area contributed by atoms with Crippen molar-refractivity contribution in [1.82, 2.24) is 9.55 Å². The maximum Gasteiger partial charge on any atom is 0.337 e. The molecule has 2 aromatic heterocycles. The number of nitrogens with one attached hydrogen (secondary N) is 1. The SMILES string of the molecule is O=C(O)c1ccn(-c2ccnc(Nc3ccc(N4CCOCC4)cc3)c2)c1. The van der Waals surface area contributed by atoms with Crippen LogP contribution in [0.4, 0.5) is 17.2 Å². The Bertz CT molecular complexity index is 930. The molecule has 27 heavy (non-hydrogen) atoms. The number of carboxylic acid groups (broad SMARTS) is 1. The van der Waals surface area contributed by atoms with Crippen molar-refractivity contribution in [3.05, 3.63) is 66.6 Å². The third-order valence-corrected chi connectivity index (χ3v) is 4.50. The van der Waals surface area contributed by atoms with Gasteiger partial charge >= 0.3 is 5.97 Å². The molecule has 0 unspecified atom stereocenters. The summed E-state index contributed by atoms with van der Waals surface area (Å²) < 4.78 is 7.15. The monoisotopic (exact) mass is 364 g/mol. The molecule has 7 nitrogen and oxygen atoms in total. The molecule has 2 N–H and O–H groups in total. The molecule has 0 bridgehead atoms. The van der Waals surface area contributed by atoms with Gasteiger partial charge in [0.2, 0.25) is 0 Å². The van der Waals surface area contributed by atoms with Gasteiger partial charge in [0.25, 0.3) is 0 Å². The highest BCUT2D eigenvalue weighted by atomic mass is 16.5. The molecule has 1 aliphatic heterocycles. The Morgan fingerprint density at radius 2 is 1.85 bits per heavy atom. The lowest BCUT2D eigenvalue weighted by atomic mass is 10.2. The quantitative estimate of drug-likeness (QED) is 0.724. The van der Waals surface area contributed by atoms with E-state index in [4.69, 9.17) is 9.84 Å². The van der Waals surface area contributed by atoms with Gasteiger partial charge in [-0.25, -0.2) is 9.78 Å². The number of carboxylic acids is 1. The molecular weight excluding hydrogens is 344 g/mol. The summed E-state index contributed by atoms with van der Waals surface area (Å²) in [7, 11) is 0. The average Bonchev–Trinajstić information content (AvgIpc) is 3.20. The number of aromatic nitrogens is 2. The molecule has 7 heteroatoms. The maximum absolute atomic E-state index is 11.0. The second-order valence-electron chi connectivity index (χ2n) is 6.28. The second kappa shape index (κ2) is 7.51. The minimum atomic E-state index is -0.943. The molecule has 0 saturated carbocycles. The largest absolute Gasteiger partial charge is 0.478 e. The first kappa shape index (κ1) is 17.1. The summed E-state index contributed by atoms with van der Waals surface area (Å²) in [6, 6.07) is 13.5. The number of hydrogen-bond donors (Lipinski definition) is 2. The molecule has 0 amide bonds. The predicted molar refractivity (Wildman–Crippen MR) is 103 cm³/mol. The molecule has 138 valence electrons. The minimum absolute atomic E-state index is 0.250. The lowest BCUT2D eigenvalue weighted by molar-refractivity contribution is 0.0697. The van der Waals surface area contributed by atoms with Gasteiger partial charge in [-0.3, -0.25) is 0 Å². The highest BCUT2D eigenvalue weighted by Gasteiger charge is 2.11. The Morgan fingerprint density at radius 1 is 1.07 bits per heavy atom. The molecule has 1 aliphatic rings. The number of pyridine rings is 1. The Kier molecular flexibility index (Phi) is 4.76. The summed E-state index contributed by atoms with van der Waals surface area (Å²) >= 11 is 0. The van der Waals surface area contributed by atoms with Gasteiger partial charge in [0.15, 0.2) is 0 Å². The first-order valence-corrected chi connectivity index (χ1v) is 8.76. The van der Waals surface area contributed by atoms with E-state index in [1.807, 2.05) is 24.3 Å². The number of morpholine rings is 1. The van der Waals surface area contributed by atoms with E-state index in [1.165, 1.54) is 5.69 Å². The van der Waals surface area contributed by atoms with Gasteiger partial charge in [0, 0.05) is 49.1 Å². The Labute approximate surface area is 156 Å². The van der Waals surface area contributed by atoms with Crippen molar-refractivity contribution in [2.75, 3.05) is 36.5 Å². The summed E-state index contributed by atoms with van der Waals surface area (Å²) in [5.74, 6) is -0.251. The van der Waals surface area contributed by atoms with Gasteiger partial charge in [-0.1, -0.05) is 0 Å². The van der Waals surface area contributed by atoms with Crippen LogP contribution >= 0.6 is 0 Å². The van der Waals surface area contributed by atoms with Crippen LogP contribution in [0.15, 0.2) is 61.1 Å². The van der Waals surface area contributed by atoms with Crippen LogP contribution < -0.4 is 10.2 Å². The number of aromatic carboxylic acids is 1. The Morgan fingerprint density at radius 3 is 2.56 bits per heavy atom. The van der Waals surface area contributed by atoms with Crippen LogP contribution in [0.1, 0.15) is 10.4 Å².